The van der Waals surface area contributed by atoms with Crippen LogP contribution in [-0.2, 0) is 39.6 Å². The second kappa shape index (κ2) is 22.8. The molecule has 0 heterocycles. The molecule has 0 unspecified atom stereocenters. The van der Waals surface area contributed by atoms with Crippen LogP contribution in [0, 0.1) is 0 Å². The van der Waals surface area contributed by atoms with Gasteiger partial charge in [-0.05, 0) is 57.6 Å². The standard InChI is InChI=1S/C60H54O8/c1-63-55(53(67-57(61)45-27-11-3-12-28-45)43-65-59(47-31-15-5-16-32-47,48-33-17-6-18-34-48)49-35-19-7-20-36-49)56(64-2)54(68-58(62)46-29-13-4-14-30-46)44-66-60(50-37-21-8-22-38-50,51-39-23-9-24-40-51)52-41-25-10-26-42-52/h3-42,53-56H,43-44H2,1-2H3/t53-,54-,55-,56-/m1/s1. The number of methoxy groups -OCH3 is 2. The monoisotopic (exact) mass is 902 g/mol. The smallest absolute Gasteiger partial charge is 0.338 e. The predicted octanol–water partition coefficient (Wildman–Crippen LogP) is 11.5. The van der Waals surface area contributed by atoms with Crippen LogP contribution in [0.1, 0.15) is 54.1 Å². The van der Waals surface area contributed by atoms with Gasteiger partial charge in [-0.15, -0.1) is 0 Å². The fraction of sp³-hybridized carbons (Fsp3) is 0.167. The highest BCUT2D eigenvalue weighted by atomic mass is 16.6. The highest BCUT2D eigenvalue weighted by Gasteiger charge is 2.46. The van der Waals surface area contributed by atoms with E-state index in [9.17, 15) is 9.59 Å². The topological polar surface area (TPSA) is 89.5 Å². The molecule has 8 nitrogen and oxygen atoms in total. The molecule has 0 spiro atoms. The average Bonchev–Trinajstić information content (AvgIpc) is 3.42. The summed E-state index contributed by atoms with van der Waals surface area (Å²) in [7, 11) is 3.02. The number of hydrogen-bond acceptors (Lipinski definition) is 8. The molecule has 8 aromatic rings. The molecule has 0 fully saturated rings. The van der Waals surface area contributed by atoms with Crippen LogP contribution in [0.2, 0.25) is 0 Å². The third kappa shape index (κ3) is 10.4. The maximum absolute atomic E-state index is 14.3. The highest BCUT2D eigenvalue weighted by Crippen LogP contribution is 2.43. The van der Waals surface area contributed by atoms with Crippen LogP contribution in [0.15, 0.2) is 243 Å². The molecule has 68 heavy (non-hydrogen) atoms. The summed E-state index contributed by atoms with van der Waals surface area (Å²) in [5.74, 6) is -1.21. The number of ether oxygens (including phenoxy) is 6. The number of carbonyl (C=O) groups is 2. The van der Waals surface area contributed by atoms with Gasteiger partial charge in [0.2, 0.25) is 0 Å². The van der Waals surface area contributed by atoms with Crippen molar-refractivity contribution in [3.8, 4) is 0 Å². The summed E-state index contributed by atoms with van der Waals surface area (Å²) in [5, 5.41) is 0. The normalized spacial score (nSPS) is 13.4. The molecular formula is C60H54O8. The van der Waals surface area contributed by atoms with E-state index in [1.54, 1.807) is 48.5 Å². The van der Waals surface area contributed by atoms with Gasteiger partial charge in [0.05, 0.1) is 24.3 Å². The molecule has 342 valence electrons. The Morgan fingerprint density at radius 1 is 0.338 bits per heavy atom. The summed E-state index contributed by atoms with van der Waals surface area (Å²) in [6, 6.07) is 77.1. The summed E-state index contributed by atoms with van der Waals surface area (Å²) in [6.07, 6.45) is -4.53. The van der Waals surface area contributed by atoms with E-state index in [0.717, 1.165) is 33.4 Å². The van der Waals surface area contributed by atoms with E-state index in [4.69, 9.17) is 28.4 Å². The van der Waals surface area contributed by atoms with Crippen molar-refractivity contribution in [3.63, 3.8) is 0 Å². The van der Waals surface area contributed by atoms with E-state index in [-0.39, 0.29) is 13.2 Å². The van der Waals surface area contributed by atoms with Crippen molar-refractivity contribution < 1.29 is 38.0 Å². The van der Waals surface area contributed by atoms with Gasteiger partial charge in [0.15, 0.2) is 12.2 Å². The SMILES string of the molecule is CO[C@@H]([C@H](OC)[C@@H](COC(c1ccccc1)(c1ccccc1)c1ccccc1)OC(=O)c1ccccc1)[C@@H](COC(c1ccccc1)(c1ccccc1)c1ccccc1)OC(=O)c1ccccc1. The molecule has 0 aromatic heterocycles. The van der Waals surface area contributed by atoms with Crippen LogP contribution >= 0.6 is 0 Å². The zero-order valence-corrected chi connectivity index (χ0v) is 38.1. The molecule has 0 aliphatic heterocycles. The highest BCUT2D eigenvalue weighted by molar-refractivity contribution is 5.90. The number of esters is 2. The quantitative estimate of drug-likeness (QED) is 0.0520. The molecule has 0 saturated carbocycles. The van der Waals surface area contributed by atoms with Crippen molar-refractivity contribution >= 4 is 11.9 Å². The van der Waals surface area contributed by atoms with Crippen molar-refractivity contribution in [1.29, 1.82) is 0 Å². The first-order valence-corrected chi connectivity index (χ1v) is 22.7. The fourth-order valence-electron chi connectivity index (χ4n) is 8.90. The van der Waals surface area contributed by atoms with Gasteiger partial charge in [-0.3, -0.25) is 0 Å². The van der Waals surface area contributed by atoms with E-state index < -0.39 is 47.6 Å². The summed E-state index contributed by atoms with van der Waals surface area (Å²) < 4.78 is 40.5. The Balaban J connectivity index is 1.24. The van der Waals surface area contributed by atoms with Gasteiger partial charge in [0.1, 0.15) is 23.4 Å². The maximum atomic E-state index is 14.3. The summed E-state index contributed by atoms with van der Waals surface area (Å²) in [5.41, 5.74) is 3.39. The Bertz CT molecular complexity index is 2360. The molecule has 8 rings (SSSR count). The van der Waals surface area contributed by atoms with Crippen LogP contribution in [0.5, 0.6) is 0 Å². The van der Waals surface area contributed by atoms with E-state index in [1.165, 1.54) is 14.2 Å². The third-order valence-electron chi connectivity index (χ3n) is 12.1. The lowest BCUT2D eigenvalue weighted by Gasteiger charge is -2.41. The molecule has 0 bridgehead atoms. The number of benzene rings is 8. The van der Waals surface area contributed by atoms with Crippen LogP contribution in [-0.4, -0.2) is 63.8 Å². The number of carbonyl (C=O) groups excluding carboxylic acids is 2. The largest absolute Gasteiger partial charge is 0.453 e. The van der Waals surface area contributed by atoms with Crippen LogP contribution < -0.4 is 0 Å². The van der Waals surface area contributed by atoms with E-state index >= 15 is 0 Å². The van der Waals surface area contributed by atoms with Gasteiger partial charge < -0.3 is 28.4 Å². The van der Waals surface area contributed by atoms with E-state index in [2.05, 4.69) is 0 Å². The van der Waals surface area contributed by atoms with Crippen molar-refractivity contribution in [1.82, 2.24) is 0 Å². The zero-order chi connectivity index (χ0) is 47.0. The van der Waals surface area contributed by atoms with E-state index in [1.807, 2.05) is 194 Å². The second-order valence-electron chi connectivity index (χ2n) is 16.2. The number of hydrogen-bond donors (Lipinski definition) is 0. The van der Waals surface area contributed by atoms with Crippen molar-refractivity contribution in [2.24, 2.45) is 0 Å². The first-order valence-electron chi connectivity index (χ1n) is 22.7. The van der Waals surface area contributed by atoms with Gasteiger partial charge in [-0.1, -0.05) is 218 Å². The summed E-state index contributed by atoms with van der Waals surface area (Å²) in [6.45, 7) is -0.393. The van der Waals surface area contributed by atoms with Crippen molar-refractivity contribution in [2.75, 3.05) is 27.4 Å². The molecule has 0 amide bonds. The van der Waals surface area contributed by atoms with Crippen LogP contribution in [0.3, 0.4) is 0 Å². The molecule has 0 radical (unpaired) electrons. The lowest BCUT2D eigenvalue weighted by atomic mass is 9.80. The lowest BCUT2D eigenvalue weighted by Crippen LogP contribution is -2.54. The van der Waals surface area contributed by atoms with Gasteiger partial charge >= 0.3 is 11.9 Å². The molecule has 0 aliphatic carbocycles. The molecule has 4 atom stereocenters. The Morgan fingerprint density at radius 3 is 0.750 bits per heavy atom. The molecule has 8 aromatic carbocycles. The van der Waals surface area contributed by atoms with Crippen LogP contribution in [0.4, 0.5) is 0 Å². The summed E-state index contributed by atoms with van der Waals surface area (Å²) >= 11 is 0. The Labute approximate surface area is 398 Å². The van der Waals surface area contributed by atoms with Gasteiger partial charge in [-0.25, -0.2) is 9.59 Å². The first-order chi connectivity index (χ1) is 33.5. The van der Waals surface area contributed by atoms with Gasteiger partial charge in [0, 0.05) is 14.2 Å². The minimum atomic E-state index is -1.19. The van der Waals surface area contributed by atoms with E-state index in [0.29, 0.717) is 11.1 Å². The van der Waals surface area contributed by atoms with Crippen molar-refractivity contribution in [3.05, 3.63) is 287 Å². The second-order valence-corrected chi connectivity index (χ2v) is 16.2. The van der Waals surface area contributed by atoms with Gasteiger partial charge in [-0.2, -0.15) is 0 Å². The molecular weight excluding hydrogens is 849 g/mol. The Kier molecular flexibility index (Phi) is 15.8. The predicted molar refractivity (Wildman–Crippen MR) is 263 cm³/mol. The molecule has 0 saturated heterocycles. The average molecular weight is 903 g/mol. The minimum absolute atomic E-state index is 0.197. The third-order valence-corrected chi connectivity index (χ3v) is 12.1. The number of rotatable bonds is 21. The van der Waals surface area contributed by atoms with Gasteiger partial charge in [0.25, 0.3) is 0 Å². The molecule has 8 heteroatoms. The minimum Gasteiger partial charge on any atom is -0.453 e. The first kappa shape index (κ1) is 47.0. The summed E-state index contributed by atoms with van der Waals surface area (Å²) in [4.78, 5) is 28.6. The molecule has 0 N–H and O–H groups in total. The maximum Gasteiger partial charge on any atom is 0.338 e. The Morgan fingerprint density at radius 2 is 0.544 bits per heavy atom. The van der Waals surface area contributed by atoms with Crippen molar-refractivity contribution in [2.45, 2.75) is 35.6 Å². The lowest BCUT2D eigenvalue weighted by molar-refractivity contribution is -0.172. The fourth-order valence-corrected chi connectivity index (χ4v) is 8.90. The Hall–Kier alpha value is -7.46. The zero-order valence-electron chi connectivity index (χ0n) is 38.1. The molecule has 0 aliphatic rings. The van der Waals surface area contributed by atoms with Crippen LogP contribution in [0.25, 0.3) is 0 Å².